The van der Waals surface area contributed by atoms with E-state index in [0.29, 0.717) is 26.2 Å². The van der Waals surface area contributed by atoms with Gasteiger partial charge in [-0.25, -0.2) is 0 Å². The average Bonchev–Trinajstić information content (AvgIpc) is 2.89. The lowest BCUT2D eigenvalue weighted by atomic mass is 10.1. The SMILES string of the molecule is CCNC(=O)CN1CCN(C(=O)c2ccc3[nH]c(C)c(C)c3c2)CC1. The summed E-state index contributed by atoms with van der Waals surface area (Å²) < 4.78 is 0. The van der Waals surface area contributed by atoms with Crippen LogP contribution in [0.25, 0.3) is 10.9 Å². The number of amides is 2. The Labute approximate surface area is 148 Å². The predicted octanol–water partition coefficient (Wildman–Crippen LogP) is 1.68. The summed E-state index contributed by atoms with van der Waals surface area (Å²) >= 11 is 0. The van der Waals surface area contributed by atoms with Gasteiger partial charge < -0.3 is 15.2 Å². The van der Waals surface area contributed by atoms with Crippen molar-refractivity contribution < 1.29 is 9.59 Å². The number of aryl methyl sites for hydroxylation is 2. The Morgan fingerprint density at radius 3 is 2.56 bits per heavy atom. The average molecular weight is 342 g/mol. The fraction of sp³-hybridized carbons (Fsp3) is 0.474. The second kappa shape index (κ2) is 7.27. The number of aromatic amines is 1. The van der Waals surface area contributed by atoms with Crippen molar-refractivity contribution in [2.75, 3.05) is 39.3 Å². The molecule has 0 atom stereocenters. The van der Waals surface area contributed by atoms with E-state index < -0.39 is 0 Å². The Hall–Kier alpha value is -2.34. The molecule has 6 nitrogen and oxygen atoms in total. The molecule has 1 aromatic carbocycles. The third-order valence-corrected chi connectivity index (χ3v) is 4.96. The van der Waals surface area contributed by atoms with Crippen molar-refractivity contribution in [3.63, 3.8) is 0 Å². The first-order valence-electron chi connectivity index (χ1n) is 8.87. The van der Waals surface area contributed by atoms with Crippen LogP contribution in [0.2, 0.25) is 0 Å². The Morgan fingerprint density at radius 1 is 1.16 bits per heavy atom. The number of likely N-dealkylation sites (N-methyl/N-ethyl adjacent to an activating group) is 1. The number of hydrogen-bond acceptors (Lipinski definition) is 3. The summed E-state index contributed by atoms with van der Waals surface area (Å²) in [7, 11) is 0. The molecule has 2 aromatic rings. The van der Waals surface area contributed by atoms with Gasteiger partial charge in [-0.05, 0) is 44.5 Å². The molecule has 1 aromatic heterocycles. The normalized spacial score (nSPS) is 15.6. The standard InChI is InChI=1S/C19H26N4O2/c1-4-20-18(24)12-22-7-9-23(10-8-22)19(25)15-5-6-17-16(11-15)13(2)14(3)21-17/h5-6,11,21H,4,7-10,12H2,1-3H3,(H,20,24). The van der Waals surface area contributed by atoms with Crippen molar-refractivity contribution >= 4 is 22.7 Å². The van der Waals surface area contributed by atoms with Crippen LogP contribution in [0.15, 0.2) is 18.2 Å². The van der Waals surface area contributed by atoms with Gasteiger partial charge in [0.2, 0.25) is 5.91 Å². The first-order valence-corrected chi connectivity index (χ1v) is 8.87. The molecule has 2 N–H and O–H groups in total. The number of rotatable bonds is 4. The maximum atomic E-state index is 12.8. The molecule has 1 aliphatic heterocycles. The number of carbonyl (C=O) groups excluding carboxylic acids is 2. The number of piperazine rings is 1. The summed E-state index contributed by atoms with van der Waals surface area (Å²) in [4.78, 5) is 31.8. The lowest BCUT2D eigenvalue weighted by Crippen LogP contribution is -2.51. The highest BCUT2D eigenvalue weighted by atomic mass is 16.2. The number of nitrogens with one attached hydrogen (secondary N) is 2. The molecule has 1 saturated heterocycles. The van der Waals surface area contributed by atoms with E-state index in [0.717, 1.165) is 35.2 Å². The molecule has 0 aliphatic carbocycles. The van der Waals surface area contributed by atoms with Crippen molar-refractivity contribution in [1.29, 1.82) is 0 Å². The lowest BCUT2D eigenvalue weighted by Gasteiger charge is -2.34. The zero-order chi connectivity index (χ0) is 18.0. The Morgan fingerprint density at radius 2 is 1.88 bits per heavy atom. The molecule has 2 heterocycles. The highest BCUT2D eigenvalue weighted by Gasteiger charge is 2.23. The number of fused-ring (bicyclic) bond motifs is 1. The molecule has 1 aliphatic rings. The molecule has 2 amide bonds. The topological polar surface area (TPSA) is 68.4 Å². The van der Waals surface area contributed by atoms with Gasteiger partial charge in [-0.1, -0.05) is 0 Å². The Balaban J connectivity index is 1.64. The molecule has 6 heteroatoms. The number of aromatic nitrogens is 1. The minimum atomic E-state index is 0.0473. The predicted molar refractivity (Wildman–Crippen MR) is 98.8 cm³/mol. The number of H-pyrrole nitrogens is 1. The molecule has 0 saturated carbocycles. The third-order valence-electron chi connectivity index (χ3n) is 4.96. The van der Waals surface area contributed by atoms with Crippen LogP contribution in [0.5, 0.6) is 0 Å². The summed E-state index contributed by atoms with van der Waals surface area (Å²) in [5.41, 5.74) is 4.13. The van der Waals surface area contributed by atoms with Crippen molar-refractivity contribution in [1.82, 2.24) is 20.1 Å². The van der Waals surface area contributed by atoms with Gasteiger partial charge in [0.1, 0.15) is 0 Å². The van der Waals surface area contributed by atoms with Crippen molar-refractivity contribution in [3.05, 3.63) is 35.0 Å². The second-order valence-corrected chi connectivity index (χ2v) is 6.66. The molecule has 25 heavy (non-hydrogen) atoms. The van der Waals surface area contributed by atoms with Gasteiger partial charge in [0.25, 0.3) is 5.91 Å². The molecule has 0 unspecified atom stereocenters. The summed E-state index contributed by atoms with van der Waals surface area (Å²) in [6.45, 7) is 9.86. The van der Waals surface area contributed by atoms with Gasteiger partial charge in [0.05, 0.1) is 6.54 Å². The van der Waals surface area contributed by atoms with Crippen LogP contribution in [-0.4, -0.2) is 65.9 Å². The number of hydrogen-bond donors (Lipinski definition) is 2. The van der Waals surface area contributed by atoms with E-state index in [9.17, 15) is 9.59 Å². The van der Waals surface area contributed by atoms with Gasteiger partial charge >= 0.3 is 0 Å². The first-order chi connectivity index (χ1) is 12.0. The zero-order valence-corrected chi connectivity index (χ0v) is 15.2. The minimum absolute atomic E-state index is 0.0473. The molecule has 1 fully saturated rings. The van der Waals surface area contributed by atoms with Crippen LogP contribution < -0.4 is 5.32 Å². The molecular weight excluding hydrogens is 316 g/mol. The lowest BCUT2D eigenvalue weighted by molar-refractivity contribution is -0.122. The zero-order valence-electron chi connectivity index (χ0n) is 15.2. The maximum absolute atomic E-state index is 12.8. The van der Waals surface area contributed by atoms with Crippen molar-refractivity contribution in [2.24, 2.45) is 0 Å². The van der Waals surface area contributed by atoms with Gasteiger partial charge in [-0.15, -0.1) is 0 Å². The van der Waals surface area contributed by atoms with Crippen LogP contribution in [0.3, 0.4) is 0 Å². The van der Waals surface area contributed by atoms with E-state index in [4.69, 9.17) is 0 Å². The van der Waals surface area contributed by atoms with Crippen molar-refractivity contribution in [3.8, 4) is 0 Å². The summed E-state index contributed by atoms with van der Waals surface area (Å²) in [6.07, 6.45) is 0. The van der Waals surface area contributed by atoms with Gasteiger partial charge in [0, 0.05) is 54.9 Å². The number of benzene rings is 1. The van der Waals surface area contributed by atoms with Crippen LogP contribution in [0.1, 0.15) is 28.5 Å². The van der Waals surface area contributed by atoms with E-state index in [-0.39, 0.29) is 11.8 Å². The molecule has 0 radical (unpaired) electrons. The van der Waals surface area contributed by atoms with Crippen molar-refractivity contribution in [2.45, 2.75) is 20.8 Å². The summed E-state index contributed by atoms with van der Waals surface area (Å²) in [5, 5.41) is 3.92. The fourth-order valence-corrected chi connectivity index (χ4v) is 3.34. The monoisotopic (exact) mass is 342 g/mol. The molecule has 134 valence electrons. The molecular formula is C19H26N4O2. The van der Waals surface area contributed by atoms with E-state index in [1.54, 1.807) is 0 Å². The van der Waals surface area contributed by atoms with Crippen LogP contribution >= 0.6 is 0 Å². The van der Waals surface area contributed by atoms with E-state index in [2.05, 4.69) is 22.1 Å². The Kier molecular flexibility index (Phi) is 5.08. The minimum Gasteiger partial charge on any atom is -0.358 e. The quantitative estimate of drug-likeness (QED) is 0.888. The van der Waals surface area contributed by atoms with Gasteiger partial charge in [-0.2, -0.15) is 0 Å². The van der Waals surface area contributed by atoms with Gasteiger partial charge in [-0.3, -0.25) is 14.5 Å². The second-order valence-electron chi connectivity index (χ2n) is 6.66. The molecule has 3 rings (SSSR count). The Bertz CT molecular complexity index is 788. The first kappa shape index (κ1) is 17.5. The molecule has 0 bridgehead atoms. The van der Waals surface area contributed by atoms with E-state index in [1.807, 2.05) is 36.9 Å². The summed E-state index contributed by atoms with van der Waals surface area (Å²) in [5.74, 6) is 0.115. The van der Waals surface area contributed by atoms with Gasteiger partial charge in [0.15, 0.2) is 0 Å². The number of nitrogens with zero attached hydrogens (tertiary/aromatic N) is 2. The highest BCUT2D eigenvalue weighted by molar-refractivity contribution is 5.99. The maximum Gasteiger partial charge on any atom is 0.253 e. The smallest absolute Gasteiger partial charge is 0.253 e. The third kappa shape index (κ3) is 3.69. The van der Waals surface area contributed by atoms with Crippen LogP contribution in [0.4, 0.5) is 0 Å². The summed E-state index contributed by atoms with van der Waals surface area (Å²) in [6, 6.07) is 5.85. The highest BCUT2D eigenvalue weighted by Crippen LogP contribution is 2.23. The molecule has 0 spiro atoms. The largest absolute Gasteiger partial charge is 0.358 e. The van der Waals surface area contributed by atoms with E-state index >= 15 is 0 Å². The fourth-order valence-electron chi connectivity index (χ4n) is 3.34. The van der Waals surface area contributed by atoms with E-state index in [1.165, 1.54) is 5.56 Å². The number of carbonyl (C=O) groups is 2. The van der Waals surface area contributed by atoms with Crippen LogP contribution in [-0.2, 0) is 4.79 Å². The van der Waals surface area contributed by atoms with Crippen LogP contribution in [0, 0.1) is 13.8 Å².